The average Bonchev–Trinajstić information content (AvgIpc) is 2.93. The summed E-state index contributed by atoms with van der Waals surface area (Å²) in [6.07, 6.45) is 0. The van der Waals surface area contributed by atoms with Crippen LogP contribution in [0.25, 0.3) is 0 Å². The second-order valence-electron chi connectivity index (χ2n) is 8.83. The molecule has 1 amide bonds. The maximum Gasteiger partial charge on any atom is 0.243 e. The minimum Gasteiger partial charge on any atom is -0.376 e. The molecule has 2 aliphatic rings. The van der Waals surface area contributed by atoms with Gasteiger partial charge in [-0.3, -0.25) is 24.0 Å². The molecule has 0 radical (unpaired) electrons. The van der Waals surface area contributed by atoms with E-state index in [0.29, 0.717) is 44.8 Å². The Bertz CT molecular complexity index is 1700. The Labute approximate surface area is 211 Å². The van der Waals surface area contributed by atoms with Crippen LogP contribution in [0.5, 0.6) is 0 Å². The minimum absolute atomic E-state index is 0.121. The van der Waals surface area contributed by atoms with E-state index in [1.54, 1.807) is 78.9 Å². The summed E-state index contributed by atoms with van der Waals surface area (Å²) in [7, 11) is 0. The van der Waals surface area contributed by atoms with Crippen molar-refractivity contribution in [3.8, 4) is 0 Å². The van der Waals surface area contributed by atoms with Crippen LogP contribution in [-0.2, 0) is 4.79 Å². The van der Waals surface area contributed by atoms with E-state index in [1.807, 2.05) is 0 Å². The number of anilines is 2. The van der Waals surface area contributed by atoms with Crippen LogP contribution in [0.3, 0.4) is 0 Å². The van der Waals surface area contributed by atoms with Crippen molar-refractivity contribution >= 4 is 40.4 Å². The van der Waals surface area contributed by atoms with E-state index >= 15 is 0 Å². The van der Waals surface area contributed by atoms with Crippen molar-refractivity contribution in [2.45, 2.75) is 0 Å². The Morgan fingerprint density at radius 2 is 0.865 bits per heavy atom. The summed E-state index contributed by atoms with van der Waals surface area (Å²) in [4.78, 5) is 64.0. The van der Waals surface area contributed by atoms with Gasteiger partial charge >= 0.3 is 0 Å². The number of nitrogens with one attached hydrogen (secondary N) is 2. The molecule has 4 aromatic rings. The highest BCUT2D eigenvalue weighted by atomic mass is 16.2. The highest BCUT2D eigenvalue weighted by Gasteiger charge is 2.30. The zero-order valence-corrected chi connectivity index (χ0v) is 19.3. The molecule has 2 N–H and O–H groups in total. The maximum absolute atomic E-state index is 12.9. The molecule has 0 atom stereocenters. The van der Waals surface area contributed by atoms with Crippen LogP contribution in [0.2, 0.25) is 0 Å². The van der Waals surface area contributed by atoms with E-state index in [9.17, 15) is 24.0 Å². The fourth-order valence-electron chi connectivity index (χ4n) is 4.77. The summed E-state index contributed by atoms with van der Waals surface area (Å²) in [5.74, 6) is -1.34. The van der Waals surface area contributed by atoms with Crippen molar-refractivity contribution in [3.63, 3.8) is 0 Å². The van der Waals surface area contributed by atoms with Gasteiger partial charge in [-0.1, -0.05) is 48.5 Å². The minimum atomic E-state index is -0.389. The first-order valence-electron chi connectivity index (χ1n) is 11.6. The van der Waals surface area contributed by atoms with Crippen molar-refractivity contribution in [2.24, 2.45) is 0 Å². The summed E-state index contributed by atoms with van der Waals surface area (Å²) in [6, 6.07) is 22.8. The number of ketones is 4. The van der Waals surface area contributed by atoms with Gasteiger partial charge in [0.1, 0.15) is 0 Å². The topological polar surface area (TPSA) is 109 Å². The molecule has 0 aromatic heterocycles. The molecule has 0 unspecified atom stereocenters. The quantitative estimate of drug-likeness (QED) is 0.385. The fourth-order valence-corrected chi connectivity index (χ4v) is 4.77. The fraction of sp³-hybridized carbons (Fsp3) is 0.0333. The number of carbonyl (C=O) groups excluding carboxylic acids is 5. The third-order valence-corrected chi connectivity index (χ3v) is 6.59. The Balaban J connectivity index is 1.17. The Morgan fingerprint density at radius 3 is 1.35 bits per heavy atom. The van der Waals surface area contributed by atoms with E-state index in [0.717, 1.165) is 0 Å². The molecular formula is C30H18N2O5. The van der Waals surface area contributed by atoms with Gasteiger partial charge in [0.05, 0.1) is 6.54 Å². The molecule has 4 aromatic carbocycles. The van der Waals surface area contributed by atoms with Crippen LogP contribution in [-0.4, -0.2) is 35.6 Å². The molecule has 0 bridgehead atoms. The van der Waals surface area contributed by atoms with Gasteiger partial charge in [-0.25, -0.2) is 0 Å². The Kier molecular flexibility index (Phi) is 5.12. The number of benzene rings is 4. The number of amides is 1. The predicted octanol–water partition coefficient (Wildman–Crippen LogP) is 4.29. The molecule has 6 rings (SSSR count). The normalized spacial score (nSPS) is 13.3. The first kappa shape index (κ1) is 22.3. The molecule has 0 spiro atoms. The Hall–Kier alpha value is -5.17. The molecule has 37 heavy (non-hydrogen) atoms. The van der Waals surface area contributed by atoms with E-state index in [4.69, 9.17) is 0 Å². The van der Waals surface area contributed by atoms with Gasteiger partial charge in [0.2, 0.25) is 5.91 Å². The van der Waals surface area contributed by atoms with Gasteiger partial charge < -0.3 is 10.6 Å². The highest BCUT2D eigenvalue weighted by molar-refractivity contribution is 6.29. The highest BCUT2D eigenvalue weighted by Crippen LogP contribution is 2.30. The molecule has 0 heterocycles. The molecule has 0 saturated heterocycles. The van der Waals surface area contributed by atoms with E-state index in [1.165, 1.54) is 6.07 Å². The van der Waals surface area contributed by atoms with E-state index in [2.05, 4.69) is 10.6 Å². The first-order valence-corrected chi connectivity index (χ1v) is 11.6. The van der Waals surface area contributed by atoms with Crippen LogP contribution in [0, 0.1) is 0 Å². The monoisotopic (exact) mass is 486 g/mol. The molecular weight excluding hydrogens is 468 g/mol. The van der Waals surface area contributed by atoms with Gasteiger partial charge in [0.15, 0.2) is 23.1 Å². The number of fused-ring (bicyclic) bond motifs is 4. The van der Waals surface area contributed by atoms with E-state index in [-0.39, 0.29) is 46.7 Å². The lowest BCUT2D eigenvalue weighted by Crippen LogP contribution is -2.24. The average molecular weight is 486 g/mol. The van der Waals surface area contributed by atoms with Gasteiger partial charge in [-0.15, -0.1) is 0 Å². The number of hydrogen-bond acceptors (Lipinski definition) is 6. The molecule has 7 nitrogen and oxygen atoms in total. The van der Waals surface area contributed by atoms with Crippen molar-refractivity contribution in [1.29, 1.82) is 0 Å². The van der Waals surface area contributed by atoms with Gasteiger partial charge in [-0.2, -0.15) is 0 Å². The first-order chi connectivity index (χ1) is 17.9. The number of hydrogen-bond donors (Lipinski definition) is 2. The summed E-state index contributed by atoms with van der Waals surface area (Å²) in [5.41, 5.74) is 3.50. The predicted molar refractivity (Wildman–Crippen MR) is 137 cm³/mol. The summed E-state index contributed by atoms with van der Waals surface area (Å²) in [5, 5.41) is 5.70. The summed E-state index contributed by atoms with van der Waals surface area (Å²) in [6.45, 7) is -0.121. The molecule has 178 valence electrons. The zero-order chi connectivity index (χ0) is 25.7. The lowest BCUT2D eigenvalue weighted by molar-refractivity contribution is -0.114. The van der Waals surface area contributed by atoms with Crippen molar-refractivity contribution in [1.82, 2.24) is 0 Å². The maximum atomic E-state index is 12.9. The molecule has 0 aliphatic heterocycles. The van der Waals surface area contributed by atoms with Crippen LogP contribution in [0.1, 0.15) is 63.7 Å². The van der Waals surface area contributed by atoms with Gasteiger partial charge in [0.25, 0.3) is 0 Å². The standard InChI is InChI=1S/C30H18N2O5/c33-26(32-17-10-12-23-25(14-17)30(37)21-8-4-2-6-19(21)28(23)35)15-31-16-9-11-22-24(13-16)29(36)20-7-3-1-5-18(20)27(22)34/h1-14,31H,15H2,(H,32,33). The number of carbonyl (C=O) groups is 5. The van der Waals surface area contributed by atoms with Crippen LogP contribution in [0.15, 0.2) is 84.9 Å². The molecule has 0 saturated carbocycles. The molecule has 0 fully saturated rings. The Morgan fingerprint density at radius 1 is 0.486 bits per heavy atom. The third kappa shape index (κ3) is 3.65. The van der Waals surface area contributed by atoms with Crippen molar-refractivity contribution in [2.75, 3.05) is 17.2 Å². The summed E-state index contributed by atoms with van der Waals surface area (Å²) >= 11 is 0. The number of rotatable bonds is 4. The van der Waals surface area contributed by atoms with Gasteiger partial charge in [-0.05, 0) is 36.4 Å². The second-order valence-corrected chi connectivity index (χ2v) is 8.83. The zero-order valence-electron chi connectivity index (χ0n) is 19.3. The smallest absolute Gasteiger partial charge is 0.243 e. The summed E-state index contributed by atoms with van der Waals surface area (Å²) < 4.78 is 0. The lowest BCUT2D eigenvalue weighted by Gasteiger charge is -2.19. The molecule has 2 aliphatic carbocycles. The largest absolute Gasteiger partial charge is 0.376 e. The van der Waals surface area contributed by atoms with E-state index < -0.39 is 0 Å². The SMILES string of the molecule is O=C(CNc1ccc2c(c1)C(=O)c1ccccc1C2=O)Nc1ccc2c(c1)C(=O)c1ccccc1C2=O. The second kappa shape index (κ2) is 8.49. The van der Waals surface area contributed by atoms with Crippen molar-refractivity contribution in [3.05, 3.63) is 129 Å². The van der Waals surface area contributed by atoms with Crippen LogP contribution < -0.4 is 10.6 Å². The third-order valence-electron chi connectivity index (χ3n) is 6.59. The lowest BCUT2D eigenvalue weighted by atomic mass is 9.84. The van der Waals surface area contributed by atoms with Crippen molar-refractivity contribution < 1.29 is 24.0 Å². The van der Waals surface area contributed by atoms with Crippen LogP contribution >= 0.6 is 0 Å². The van der Waals surface area contributed by atoms with Crippen LogP contribution in [0.4, 0.5) is 11.4 Å². The van der Waals surface area contributed by atoms with Gasteiger partial charge in [0, 0.05) is 55.9 Å². The molecule has 7 heteroatoms.